The Morgan fingerprint density at radius 2 is 2.04 bits per heavy atom. The van der Waals surface area contributed by atoms with Crippen LogP contribution in [-0.4, -0.2) is 24.7 Å². The molecule has 0 atom stereocenters. The lowest BCUT2D eigenvalue weighted by Gasteiger charge is -2.08. The molecule has 0 fully saturated rings. The maximum Gasteiger partial charge on any atom is 0.171 e. The number of hydrogen-bond donors (Lipinski definition) is 2. The van der Waals surface area contributed by atoms with Crippen LogP contribution >= 0.6 is 12.2 Å². The van der Waals surface area contributed by atoms with Crippen LogP contribution in [0.2, 0.25) is 0 Å². The maximum absolute atomic E-state index is 5.34. The van der Waals surface area contributed by atoms with Crippen LogP contribution in [0.1, 0.15) is 17.0 Å². The van der Waals surface area contributed by atoms with Gasteiger partial charge in [0, 0.05) is 13.2 Å². The molecule has 2 heterocycles. The zero-order chi connectivity index (χ0) is 16.9. The van der Waals surface area contributed by atoms with Crippen LogP contribution in [-0.2, 0) is 20.1 Å². The van der Waals surface area contributed by atoms with Gasteiger partial charge in [0.25, 0.3) is 0 Å². The van der Waals surface area contributed by atoms with E-state index in [0.717, 1.165) is 23.6 Å². The van der Waals surface area contributed by atoms with Crippen molar-refractivity contribution >= 4 is 23.0 Å². The zero-order valence-corrected chi connectivity index (χ0v) is 14.5. The molecule has 0 unspecified atom stereocenters. The van der Waals surface area contributed by atoms with Gasteiger partial charge in [0.15, 0.2) is 5.11 Å². The number of rotatable bonds is 5. The third-order valence-corrected chi connectivity index (χ3v) is 3.85. The highest BCUT2D eigenvalue weighted by Gasteiger charge is 2.05. The van der Waals surface area contributed by atoms with Crippen molar-refractivity contribution in [2.45, 2.75) is 20.0 Å². The van der Waals surface area contributed by atoms with Crippen LogP contribution < -0.4 is 10.6 Å². The minimum Gasteiger partial charge on any atom is -0.357 e. The van der Waals surface area contributed by atoms with Crippen LogP contribution in [0.3, 0.4) is 0 Å². The van der Waals surface area contributed by atoms with Gasteiger partial charge < -0.3 is 10.6 Å². The maximum atomic E-state index is 5.34. The molecule has 7 heteroatoms. The van der Waals surface area contributed by atoms with E-state index in [4.69, 9.17) is 12.2 Å². The van der Waals surface area contributed by atoms with Crippen LogP contribution in [0.4, 0.5) is 5.69 Å². The molecule has 0 bridgehead atoms. The third kappa shape index (κ3) is 4.20. The molecule has 0 aliphatic rings. The summed E-state index contributed by atoms with van der Waals surface area (Å²) in [5.41, 5.74) is 4.15. The Morgan fingerprint density at radius 1 is 1.25 bits per heavy atom. The van der Waals surface area contributed by atoms with E-state index in [1.807, 2.05) is 53.8 Å². The third-order valence-electron chi connectivity index (χ3n) is 3.61. The van der Waals surface area contributed by atoms with Gasteiger partial charge in [-0.05, 0) is 30.8 Å². The fourth-order valence-corrected chi connectivity index (χ4v) is 2.65. The van der Waals surface area contributed by atoms with Gasteiger partial charge in [0.2, 0.25) is 0 Å². The summed E-state index contributed by atoms with van der Waals surface area (Å²) < 4.78 is 3.73. The van der Waals surface area contributed by atoms with E-state index in [-0.39, 0.29) is 0 Å². The molecule has 0 aliphatic carbocycles. The fraction of sp³-hybridized carbons (Fsp3) is 0.235. The van der Waals surface area contributed by atoms with Crippen molar-refractivity contribution in [2.75, 3.05) is 5.32 Å². The van der Waals surface area contributed by atoms with Gasteiger partial charge in [-0.15, -0.1) is 0 Å². The summed E-state index contributed by atoms with van der Waals surface area (Å²) in [5.74, 6) is 0. The first kappa shape index (κ1) is 16.2. The highest BCUT2D eigenvalue weighted by Crippen LogP contribution is 2.08. The molecule has 0 radical (unpaired) electrons. The lowest BCUT2D eigenvalue weighted by molar-refractivity contribution is 0.687. The zero-order valence-electron chi connectivity index (χ0n) is 13.7. The molecule has 6 nitrogen and oxygen atoms in total. The molecule has 124 valence electrons. The normalized spacial score (nSPS) is 10.6. The molecule has 0 saturated heterocycles. The fourth-order valence-electron chi connectivity index (χ4n) is 2.46. The van der Waals surface area contributed by atoms with Gasteiger partial charge >= 0.3 is 0 Å². The van der Waals surface area contributed by atoms with Gasteiger partial charge in [-0.2, -0.15) is 10.2 Å². The second-order valence-corrected chi connectivity index (χ2v) is 6.03. The van der Waals surface area contributed by atoms with Crippen LogP contribution in [0.15, 0.2) is 48.8 Å². The van der Waals surface area contributed by atoms with Crippen molar-refractivity contribution in [3.63, 3.8) is 0 Å². The quantitative estimate of drug-likeness (QED) is 0.699. The standard InChI is InChI=1S/C17H20N6S/c1-13-8-16(22(2)21-13)10-18-17(24)20-15-9-19-23(12-15)11-14-6-4-3-5-7-14/h3-9,12H,10-11H2,1-2H3,(H2,18,20,24). The minimum absolute atomic E-state index is 0.563. The highest BCUT2D eigenvalue weighted by molar-refractivity contribution is 7.80. The Morgan fingerprint density at radius 3 is 2.75 bits per heavy atom. The van der Waals surface area contributed by atoms with E-state index >= 15 is 0 Å². The molecule has 24 heavy (non-hydrogen) atoms. The molecule has 2 N–H and O–H groups in total. The van der Waals surface area contributed by atoms with E-state index in [1.165, 1.54) is 5.56 Å². The Hall–Kier alpha value is -2.67. The number of hydrogen-bond acceptors (Lipinski definition) is 3. The first-order valence-electron chi connectivity index (χ1n) is 7.71. The van der Waals surface area contributed by atoms with Crippen molar-refractivity contribution < 1.29 is 0 Å². The molecule has 2 aromatic heterocycles. The summed E-state index contributed by atoms with van der Waals surface area (Å²) in [7, 11) is 1.92. The van der Waals surface area contributed by atoms with E-state index in [1.54, 1.807) is 6.20 Å². The van der Waals surface area contributed by atoms with Crippen molar-refractivity contribution in [2.24, 2.45) is 7.05 Å². The van der Waals surface area contributed by atoms with Gasteiger partial charge in [-0.25, -0.2) is 0 Å². The summed E-state index contributed by atoms with van der Waals surface area (Å²) in [6.45, 7) is 3.33. The number of anilines is 1. The topological polar surface area (TPSA) is 59.7 Å². The molecule has 1 aromatic carbocycles. The van der Waals surface area contributed by atoms with Crippen molar-refractivity contribution in [1.29, 1.82) is 0 Å². The highest BCUT2D eigenvalue weighted by atomic mass is 32.1. The van der Waals surface area contributed by atoms with Crippen molar-refractivity contribution in [3.8, 4) is 0 Å². The van der Waals surface area contributed by atoms with Gasteiger partial charge in [-0.1, -0.05) is 30.3 Å². The smallest absolute Gasteiger partial charge is 0.171 e. The summed E-state index contributed by atoms with van der Waals surface area (Å²) >= 11 is 5.34. The average molecular weight is 340 g/mol. The van der Waals surface area contributed by atoms with Gasteiger partial charge in [0.05, 0.1) is 36.4 Å². The molecule has 3 rings (SSSR count). The summed E-state index contributed by atoms with van der Waals surface area (Å²) in [5, 5.41) is 15.6. The van der Waals surface area contributed by atoms with E-state index in [9.17, 15) is 0 Å². The molecule has 0 aliphatic heterocycles. The Balaban J connectivity index is 1.52. The van der Waals surface area contributed by atoms with Crippen molar-refractivity contribution in [1.82, 2.24) is 24.9 Å². The number of aromatic nitrogens is 4. The largest absolute Gasteiger partial charge is 0.357 e. The van der Waals surface area contributed by atoms with Crippen LogP contribution in [0, 0.1) is 6.92 Å². The lowest BCUT2D eigenvalue weighted by atomic mass is 10.2. The average Bonchev–Trinajstić information content (AvgIpc) is 3.12. The number of nitrogens with zero attached hydrogens (tertiary/aromatic N) is 4. The first-order chi connectivity index (χ1) is 11.6. The SMILES string of the molecule is Cc1cc(CNC(=S)Nc2cnn(Cc3ccccc3)c2)n(C)n1. The monoisotopic (exact) mass is 340 g/mol. The molecule has 0 spiro atoms. The Labute approximate surface area is 146 Å². The Kier molecular flexibility index (Phi) is 4.90. The van der Waals surface area contributed by atoms with Crippen LogP contribution in [0.25, 0.3) is 0 Å². The molecule has 0 amide bonds. The Bertz CT molecular complexity index is 821. The lowest BCUT2D eigenvalue weighted by Crippen LogP contribution is -2.28. The summed E-state index contributed by atoms with van der Waals surface area (Å²) in [6, 6.07) is 12.3. The predicted octanol–water partition coefficient (Wildman–Crippen LogP) is 2.46. The predicted molar refractivity (Wildman–Crippen MR) is 98.8 cm³/mol. The van der Waals surface area contributed by atoms with Crippen molar-refractivity contribution in [3.05, 3.63) is 65.7 Å². The summed E-state index contributed by atoms with van der Waals surface area (Å²) in [4.78, 5) is 0. The van der Waals surface area contributed by atoms with E-state index in [2.05, 4.69) is 33.0 Å². The minimum atomic E-state index is 0.563. The second kappa shape index (κ2) is 7.27. The van der Waals surface area contributed by atoms with E-state index < -0.39 is 0 Å². The molecular formula is C17H20N6S. The van der Waals surface area contributed by atoms with Gasteiger partial charge in [0.1, 0.15) is 0 Å². The molecule has 3 aromatic rings. The molecule has 0 saturated carbocycles. The second-order valence-electron chi connectivity index (χ2n) is 5.62. The number of benzene rings is 1. The van der Waals surface area contributed by atoms with Gasteiger partial charge in [-0.3, -0.25) is 9.36 Å². The molecular weight excluding hydrogens is 320 g/mol. The van der Waals surface area contributed by atoms with E-state index in [0.29, 0.717) is 11.7 Å². The number of thiocarbonyl (C=S) groups is 1. The first-order valence-corrected chi connectivity index (χ1v) is 8.12. The number of nitrogens with one attached hydrogen (secondary N) is 2. The number of aryl methyl sites for hydroxylation is 2. The van der Waals surface area contributed by atoms with Crippen LogP contribution in [0.5, 0.6) is 0 Å². The summed E-state index contributed by atoms with van der Waals surface area (Å²) in [6.07, 6.45) is 3.71.